The highest BCUT2D eigenvalue weighted by Crippen LogP contribution is 2.18. The van der Waals surface area contributed by atoms with Crippen molar-refractivity contribution in [2.45, 2.75) is 52.0 Å². The SMILES string of the molecule is CCN(CC)C(=O)CN(C)C1CCCCCC1=O. The van der Waals surface area contributed by atoms with Crippen molar-refractivity contribution in [2.24, 2.45) is 0 Å². The van der Waals surface area contributed by atoms with Crippen molar-refractivity contribution in [1.82, 2.24) is 9.80 Å². The van der Waals surface area contributed by atoms with Crippen LogP contribution in [-0.2, 0) is 9.59 Å². The number of carbonyl (C=O) groups is 2. The fraction of sp³-hybridized carbons (Fsp3) is 0.857. The van der Waals surface area contributed by atoms with E-state index in [0.717, 1.165) is 38.8 Å². The first-order valence-electron chi connectivity index (χ1n) is 7.10. The van der Waals surface area contributed by atoms with E-state index in [2.05, 4.69) is 0 Å². The highest BCUT2D eigenvalue weighted by atomic mass is 16.2. The van der Waals surface area contributed by atoms with Gasteiger partial charge in [-0.25, -0.2) is 0 Å². The van der Waals surface area contributed by atoms with Gasteiger partial charge in [-0.1, -0.05) is 12.8 Å². The number of amides is 1. The van der Waals surface area contributed by atoms with Crippen LogP contribution in [0.25, 0.3) is 0 Å². The van der Waals surface area contributed by atoms with Gasteiger partial charge in [-0.15, -0.1) is 0 Å². The van der Waals surface area contributed by atoms with E-state index in [-0.39, 0.29) is 11.9 Å². The molecule has 1 aliphatic carbocycles. The topological polar surface area (TPSA) is 40.6 Å². The number of Topliss-reactive ketones (excluding diaryl/α,β-unsaturated/α-hetero) is 1. The molecule has 0 aromatic heterocycles. The van der Waals surface area contributed by atoms with Crippen molar-refractivity contribution in [2.75, 3.05) is 26.7 Å². The normalized spacial score (nSPS) is 20.9. The third-order valence-electron chi connectivity index (χ3n) is 3.81. The Morgan fingerprint density at radius 2 is 1.89 bits per heavy atom. The van der Waals surface area contributed by atoms with Crippen molar-refractivity contribution in [3.63, 3.8) is 0 Å². The standard InChI is InChI=1S/C14H26N2O2/c1-4-16(5-2)14(18)11-15(3)12-9-7-6-8-10-13(12)17/h12H,4-11H2,1-3H3. The monoisotopic (exact) mass is 254 g/mol. The molecule has 1 fully saturated rings. The molecule has 4 nitrogen and oxygen atoms in total. The Labute approximate surface area is 110 Å². The Bertz CT molecular complexity index is 288. The molecular formula is C14H26N2O2. The van der Waals surface area contributed by atoms with E-state index < -0.39 is 0 Å². The average Bonchev–Trinajstić information content (AvgIpc) is 2.55. The second kappa shape index (κ2) is 7.52. The van der Waals surface area contributed by atoms with Crippen molar-refractivity contribution in [3.05, 3.63) is 0 Å². The summed E-state index contributed by atoms with van der Waals surface area (Å²) < 4.78 is 0. The number of nitrogens with zero attached hydrogens (tertiary/aromatic N) is 2. The molecule has 0 saturated heterocycles. The van der Waals surface area contributed by atoms with Gasteiger partial charge in [0, 0.05) is 19.5 Å². The van der Waals surface area contributed by atoms with Crippen LogP contribution < -0.4 is 0 Å². The van der Waals surface area contributed by atoms with Crippen LogP contribution >= 0.6 is 0 Å². The van der Waals surface area contributed by atoms with E-state index in [9.17, 15) is 9.59 Å². The van der Waals surface area contributed by atoms with Gasteiger partial charge < -0.3 is 4.90 Å². The molecule has 0 aromatic rings. The van der Waals surface area contributed by atoms with Crippen molar-refractivity contribution in [1.29, 1.82) is 0 Å². The maximum atomic E-state index is 12.0. The predicted octanol–water partition coefficient (Wildman–Crippen LogP) is 1.69. The number of hydrogen-bond acceptors (Lipinski definition) is 3. The van der Waals surface area contributed by atoms with Gasteiger partial charge in [-0.2, -0.15) is 0 Å². The minimum absolute atomic E-state index is 0.0491. The summed E-state index contributed by atoms with van der Waals surface area (Å²) >= 11 is 0. The lowest BCUT2D eigenvalue weighted by Gasteiger charge is -2.28. The second-order valence-electron chi connectivity index (χ2n) is 5.06. The molecule has 104 valence electrons. The van der Waals surface area contributed by atoms with E-state index in [1.54, 1.807) is 0 Å². The van der Waals surface area contributed by atoms with Gasteiger partial charge in [0.1, 0.15) is 5.78 Å². The third kappa shape index (κ3) is 4.09. The van der Waals surface area contributed by atoms with Gasteiger partial charge in [0.25, 0.3) is 0 Å². The van der Waals surface area contributed by atoms with Crippen LogP contribution in [0.5, 0.6) is 0 Å². The molecule has 1 aliphatic rings. The molecule has 1 unspecified atom stereocenters. The van der Waals surface area contributed by atoms with Crippen molar-refractivity contribution < 1.29 is 9.59 Å². The summed E-state index contributed by atoms with van der Waals surface area (Å²) in [5.41, 5.74) is 0. The van der Waals surface area contributed by atoms with Gasteiger partial charge in [0.05, 0.1) is 12.6 Å². The highest BCUT2D eigenvalue weighted by Gasteiger charge is 2.26. The molecule has 0 spiro atoms. The van der Waals surface area contributed by atoms with E-state index in [0.29, 0.717) is 18.7 Å². The Morgan fingerprint density at radius 1 is 1.22 bits per heavy atom. The number of likely N-dealkylation sites (N-methyl/N-ethyl adjacent to an activating group) is 2. The molecular weight excluding hydrogens is 228 g/mol. The van der Waals surface area contributed by atoms with Crippen LogP contribution in [0, 0.1) is 0 Å². The number of hydrogen-bond donors (Lipinski definition) is 0. The first kappa shape index (κ1) is 15.2. The molecule has 0 bridgehead atoms. The van der Waals surface area contributed by atoms with Gasteiger partial charge >= 0.3 is 0 Å². The second-order valence-corrected chi connectivity index (χ2v) is 5.06. The maximum Gasteiger partial charge on any atom is 0.236 e. The summed E-state index contributed by atoms with van der Waals surface area (Å²) in [5, 5.41) is 0. The van der Waals surface area contributed by atoms with Crippen LogP contribution in [0.2, 0.25) is 0 Å². The Morgan fingerprint density at radius 3 is 2.50 bits per heavy atom. The number of carbonyl (C=O) groups excluding carboxylic acids is 2. The van der Waals surface area contributed by atoms with E-state index in [4.69, 9.17) is 0 Å². The molecule has 0 heterocycles. The summed E-state index contributed by atoms with van der Waals surface area (Å²) in [6.07, 6.45) is 4.82. The van der Waals surface area contributed by atoms with Crippen LogP contribution in [0.1, 0.15) is 46.0 Å². The first-order valence-corrected chi connectivity index (χ1v) is 7.10. The third-order valence-corrected chi connectivity index (χ3v) is 3.81. The van der Waals surface area contributed by atoms with Crippen molar-refractivity contribution in [3.8, 4) is 0 Å². The fourth-order valence-corrected chi connectivity index (χ4v) is 2.61. The summed E-state index contributed by atoms with van der Waals surface area (Å²) in [4.78, 5) is 27.8. The Hall–Kier alpha value is -0.900. The first-order chi connectivity index (χ1) is 8.60. The minimum Gasteiger partial charge on any atom is -0.342 e. The lowest BCUT2D eigenvalue weighted by molar-refractivity contribution is -0.133. The molecule has 1 atom stereocenters. The van der Waals surface area contributed by atoms with Crippen LogP contribution in [0.15, 0.2) is 0 Å². The van der Waals surface area contributed by atoms with Gasteiger partial charge in [-0.3, -0.25) is 14.5 Å². The molecule has 0 aliphatic heterocycles. The number of ketones is 1. The molecule has 0 N–H and O–H groups in total. The van der Waals surface area contributed by atoms with Crippen LogP contribution in [0.4, 0.5) is 0 Å². The molecule has 1 saturated carbocycles. The number of rotatable bonds is 5. The van der Waals surface area contributed by atoms with E-state index in [1.807, 2.05) is 30.7 Å². The molecule has 4 heteroatoms. The summed E-state index contributed by atoms with van der Waals surface area (Å²) in [6, 6.07) is -0.0491. The maximum absolute atomic E-state index is 12.0. The van der Waals surface area contributed by atoms with E-state index >= 15 is 0 Å². The molecule has 0 radical (unpaired) electrons. The Kier molecular flexibility index (Phi) is 6.33. The summed E-state index contributed by atoms with van der Waals surface area (Å²) in [6.45, 7) is 5.80. The average molecular weight is 254 g/mol. The largest absolute Gasteiger partial charge is 0.342 e. The smallest absolute Gasteiger partial charge is 0.236 e. The quantitative estimate of drug-likeness (QED) is 0.701. The van der Waals surface area contributed by atoms with Gasteiger partial charge in [-0.05, 0) is 33.7 Å². The zero-order valence-electron chi connectivity index (χ0n) is 11.9. The predicted molar refractivity (Wildman–Crippen MR) is 72.4 cm³/mol. The zero-order chi connectivity index (χ0) is 13.5. The summed E-state index contributed by atoms with van der Waals surface area (Å²) in [5.74, 6) is 0.432. The van der Waals surface area contributed by atoms with Crippen molar-refractivity contribution >= 4 is 11.7 Å². The Balaban J connectivity index is 2.54. The van der Waals surface area contributed by atoms with Crippen LogP contribution in [0.3, 0.4) is 0 Å². The van der Waals surface area contributed by atoms with Crippen LogP contribution in [-0.4, -0.2) is 54.2 Å². The fourth-order valence-electron chi connectivity index (χ4n) is 2.61. The molecule has 18 heavy (non-hydrogen) atoms. The molecule has 1 amide bonds. The lowest BCUT2D eigenvalue weighted by Crippen LogP contribution is -2.45. The minimum atomic E-state index is -0.0491. The molecule has 1 rings (SSSR count). The van der Waals surface area contributed by atoms with E-state index in [1.165, 1.54) is 0 Å². The van der Waals surface area contributed by atoms with Gasteiger partial charge in [0.2, 0.25) is 5.91 Å². The van der Waals surface area contributed by atoms with Gasteiger partial charge in [0.15, 0.2) is 0 Å². The zero-order valence-corrected chi connectivity index (χ0v) is 11.9. The lowest BCUT2D eigenvalue weighted by atomic mass is 10.1. The summed E-state index contributed by atoms with van der Waals surface area (Å²) in [7, 11) is 1.90. The highest BCUT2D eigenvalue weighted by molar-refractivity contribution is 5.85. The molecule has 0 aromatic carbocycles.